The number of carbonyl (C=O) groups is 1. The minimum atomic E-state index is 0. The quantitative estimate of drug-likeness (QED) is 0.842. The number of halogens is 1. The molecule has 112 valence electrons. The van der Waals surface area contributed by atoms with Crippen molar-refractivity contribution in [1.29, 1.82) is 0 Å². The second-order valence-electron chi connectivity index (χ2n) is 5.17. The zero-order valence-electron chi connectivity index (χ0n) is 12.1. The van der Waals surface area contributed by atoms with Gasteiger partial charge in [-0.15, -0.1) is 12.4 Å². The van der Waals surface area contributed by atoms with Crippen molar-refractivity contribution in [2.75, 3.05) is 26.2 Å². The van der Waals surface area contributed by atoms with Crippen LogP contribution in [0, 0.1) is 19.8 Å². The number of nitrogens with one attached hydrogen (secondary N) is 2. The Kier molecular flexibility index (Phi) is 6.82. The van der Waals surface area contributed by atoms with E-state index in [0.29, 0.717) is 18.9 Å². The van der Waals surface area contributed by atoms with Crippen LogP contribution in [0.15, 0.2) is 18.2 Å². The SMILES string of the molecule is Cc1ccc(OCCC(=O)NCC2CNC2)cc1C.Cl. The number of amides is 1. The van der Waals surface area contributed by atoms with Crippen molar-refractivity contribution in [3.63, 3.8) is 0 Å². The molecule has 0 spiro atoms. The molecule has 0 saturated carbocycles. The van der Waals surface area contributed by atoms with E-state index in [1.165, 1.54) is 11.1 Å². The summed E-state index contributed by atoms with van der Waals surface area (Å²) in [6.45, 7) is 7.36. The summed E-state index contributed by atoms with van der Waals surface area (Å²) < 4.78 is 5.59. The molecule has 2 rings (SSSR count). The van der Waals surface area contributed by atoms with E-state index in [1.807, 2.05) is 18.2 Å². The first-order chi connectivity index (χ1) is 9.15. The summed E-state index contributed by atoms with van der Waals surface area (Å²) in [4.78, 5) is 11.6. The van der Waals surface area contributed by atoms with Gasteiger partial charge in [-0.1, -0.05) is 6.07 Å². The first kappa shape index (κ1) is 16.8. The maximum atomic E-state index is 11.6. The molecular formula is C15H23ClN2O2. The van der Waals surface area contributed by atoms with Gasteiger partial charge in [0.1, 0.15) is 5.75 Å². The maximum Gasteiger partial charge on any atom is 0.223 e. The lowest BCUT2D eigenvalue weighted by Crippen LogP contribution is -2.48. The van der Waals surface area contributed by atoms with Crippen LogP contribution in [0.5, 0.6) is 5.75 Å². The Morgan fingerprint density at radius 1 is 1.35 bits per heavy atom. The van der Waals surface area contributed by atoms with Crippen LogP contribution in [0.1, 0.15) is 17.5 Å². The van der Waals surface area contributed by atoms with Crippen molar-refractivity contribution in [3.8, 4) is 5.75 Å². The zero-order chi connectivity index (χ0) is 13.7. The van der Waals surface area contributed by atoms with Crippen molar-refractivity contribution < 1.29 is 9.53 Å². The van der Waals surface area contributed by atoms with Crippen LogP contribution >= 0.6 is 12.4 Å². The minimum Gasteiger partial charge on any atom is -0.493 e. The lowest BCUT2D eigenvalue weighted by Gasteiger charge is -2.27. The summed E-state index contributed by atoms with van der Waals surface area (Å²) in [5, 5.41) is 6.12. The summed E-state index contributed by atoms with van der Waals surface area (Å²) in [5.74, 6) is 1.50. The monoisotopic (exact) mass is 298 g/mol. The molecule has 4 nitrogen and oxygen atoms in total. The van der Waals surface area contributed by atoms with Gasteiger partial charge >= 0.3 is 0 Å². The molecule has 0 aromatic heterocycles. The fourth-order valence-electron chi connectivity index (χ4n) is 1.90. The van der Waals surface area contributed by atoms with Gasteiger partial charge in [-0.25, -0.2) is 0 Å². The normalized spacial score (nSPS) is 14.1. The van der Waals surface area contributed by atoms with Crippen molar-refractivity contribution in [3.05, 3.63) is 29.3 Å². The van der Waals surface area contributed by atoms with Gasteiger partial charge in [0.15, 0.2) is 0 Å². The Bertz CT molecular complexity index is 447. The highest BCUT2D eigenvalue weighted by molar-refractivity contribution is 5.85. The molecule has 1 aliphatic heterocycles. The van der Waals surface area contributed by atoms with E-state index >= 15 is 0 Å². The lowest BCUT2D eigenvalue weighted by atomic mass is 10.0. The molecule has 1 aromatic carbocycles. The molecule has 0 radical (unpaired) electrons. The molecule has 1 aliphatic rings. The average Bonchev–Trinajstić information content (AvgIpc) is 2.32. The Morgan fingerprint density at radius 2 is 2.10 bits per heavy atom. The van der Waals surface area contributed by atoms with Crippen LogP contribution in [0.2, 0.25) is 0 Å². The van der Waals surface area contributed by atoms with Gasteiger partial charge in [0.05, 0.1) is 13.0 Å². The topological polar surface area (TPSA) is 50.4 Å². The van der Waals surface area contributed by atoms with Gasteiger partial charge in [0.2, 0.25) is 5.91 Å². The molecule has 20 heavy (non-hydrogen) atoms. The van der Waals surface area contributed by atoms with E-state index < -0.39 is 0 Å². The van der Waals surface area contributed by atoms with Crippen LogP contribution in [0.3, 0.4) is 0 Å². The summed E-state index contributed by atoms with van der Waals surface area (Å²) >= 11 is 0. The van der Waals surface area contributed by atoms with Crippen LogP contribution in [0.4, 0.5) is 0 Å². The first-order valence-corrected chi connectivity index (χ1v) is 6.82. The number of ether oxygens (including phenoxy) is 1. The van der Waals surface area contributed by atoms with Crippen LogP contribution in [0.25, 0.3) is 0 Å². The second kappa shape index (κ2) is 8.12. The maximum absolute atomic E-state index is 11.6. The smallest absolute Gasteiger partial charge is 0.223 e. The number of hydrogen-bond donors (Lipinski definition) is 2. The second-order valence-corrected chi connectivity index (χ2v) is 5.17. The van der Waals surface area contributed by atoms with E-state index in [9.17, 15) is 4.79 Å². The third-order valence-electron chi connectivity index (χ3n) is 3.53. The van der Waals surface area contributed by atoms with Crippen molar-refractivity contribution in [2.45, 2.75) is 20.3 Å². The van der Waals surface area contributed by atoms with Crippen molar-refractivity contribution in [1.82, 2.24) is 10.6 Å². The molecule has 0 unspecified atom stereocenters. The molecule has 5 heteroatoms. The standard InChI is InChI=1S/C15H22N2O2.ClH/c1-11-3-4-14(7-12(11)2)19-6-5-15(18)17-10-13-8-16-9-13;/h3-4,7,13,16H,5-6,8-10H2,1-2H3,(H,17,18);1H. The number of hydrogen-bond acceptors (Lipinski definition) is 3. The van der Waals surface area contributed by atoms with Crippen LogP contribution < -0.4 is 15.4 Å². The van der Waals surface area contributed by atoms with Gasteiger partial charge < -0.3 is 15.4 Å². The molecule has 1 fully saturated rings. The summed E-state index contributed by atoms with van der Waals surface area (Å²) in [7, 11) is 0. The molecule has 0 bridgehead atoms. The van der Waals surface area contributed by atoms with Crippen LogP contribution in [-0.4, -0.2) is 32.1 Å². The molecular weight excluding hydrogens is 276 g/mol. The number of benzene rings is 1. The fraction of sp³-hybridized carbons (Fsp3) is 0.533. The van der Waals surface area contributed by atoms with E-state index in [0.717, 1.165) is 25.4 Å². The molecule has 1 aromatic rings. The molecule has 2 N–H and O–H groups in total. The van der Waals surface area contributed by atoms with E-state index in [2.05, 4.69) is 24.5 Å². The highest BCUT2D eigenvalue weighted by atomic mass is 35.5. The number of carbonyl (C=O) groups excluding carboxylic acids is 1. The third-order valence-corrected chi connectivity index (χ3v) is 3.53. The number of rotatable bonds is 6. The highest BCUT2D eigenvalue weighted by Gasteiger charge is 2.16. The summed E-state index contributed by atoms with van der Waals surface area (Å²) in [6, 6.07) is 5.99. The Morgan fingerprint density at radius 3 is 2.70 bits per heavy atom. The van der Waals surface area contributed by atoms with Crippen molar-refractivity contribution >= 4 is 18.3 Å². The average molecular weight is 299 g/mol. The first-order valence-electron chi connectivity index (χ1n) is 6.82. The lowest BCUT2D eigenvalue weighted by molar-refractivity contribution is -0.121. The molecule has 1 saturated heterocycles. The van der Waals surface area contributed by atoms with E-state index in [1.54, 1.807) is 0 Å². The van der Waals surface area contributed by atoms with Gasteiger partial charge in [-0.3, -0.25) is 4.79 Å². The van der Waals surface area contributed by atoms with Crippen LogP contribution in [-0.2, 0) is 4.79 Å². The molecule has 1 heterocycles. The molecule has 1 amide bonds. The molecule has 0 aliphatic carbocycles. The summed E-state index contributed by atoms with van der Waals surface area (Å²) in [5.41, 5.74) is 2.46. The third kappa shape index (κ3) is 5.02. The highest BCUT2D eigenvalue weighted by Crippen LogP contribution is 2.16. The Labute approximate surface area is 126 Å². The number of aryl methyl sites for hydroxylation is 2. The zero-order valence-corrected chi connectivity index (χ0v) is 12.9. The van der Waals surface area contributed by atoms with Gasteiger partial charge in [0, 0.05) is 25.6 Å². The minimum absolute atomic E-state index is 0. The van der Waals surface area contributed by atoms with E-state index in [4.69, 9.17) is 4.74 Å². The van der Waals surface area contributed by atoms with Gasteiger partial charge in [0.25, 0.3) is 0 Å². The molecule has 0 atom stereocenters. The van der Waals surface area contributed by atoms with Gasteiger partial charge in [-0.2, -0.15) is 0 Å². The van der Waals surface area contributed by atoms with E-state index in [-0.39, 0.29) is 18.3 Å². The Balaban J connectivity index is 0.00000200. The summed E-state index contributed by atoms with van der Waals surface area (Å²) in [6.07, 6.45) is 0.410. The largest absolute Gasteiger partial charge is 0.493 e. The predicted octanol–water partition coefficient (Wildman–Crippen LogP) is 1.83. The Hall–Kier alpha value is -1.26. The fourth-order valence-corrected chi connectivity index (χ4v) is 1.90. The van der Waals surface area contributed by atoms with Crippen molar-refractivity contribution in [2.24, 2.45) is 5.92 Å². The predicted molar refractivity (Wildman–Crippen MR) is 82.6 cm³/mol. The van der Waals surface area contributed by atoms with Gasteiger partial charge in [-0.05, 0) is 37.1 Å².